The molecular weight excluding hydrogens is 384 g/mol. The molecule has 2 aliphatic carbocycles. The van der Waals surface area contributed by atoms with Crippen LogP contribution >= 0.6 is 0 Å². The lowest BCUT2D eigenvalue weighted by molar-refractivity contribution is -0.136. The number of rotatable bonds is 9. The van der Waals surface area contributed by atoms with Crippen LogP contribution in [0.5, 0.6) is 0 Å². The number of nitrogens with zero attached hydrogens (tertiary/aromatic N) is 2. The lowest BCUT2D eigenvalue weighted by atomic mass is 10.1. The van der Waals surface area contributed by atoms with Crippen molar-refractivity contribution in [2.45, 2.75) is 95.0 Å². The minimum atomic E-state index is -3.43. The van der Waals surface area contributed by atoms with Crippen molar-refractivity contribution in [1.29, 1.82) is 0 Å². The lowest BCUT2D eigenvalue weighted by Gasteiger charge is -2.35. The molecule has 0 aromatic heterocycles. The van der Waals surface area contributed by atoms with E-state index in [9.17, 15) is 13.2 Å². The summed E-state index contributed by atoms with van der Waals surface area (Å²) in [5, 5.41) is 0. The fourth-order valence-electron chi connectivity index (χ4n) is 4.99. The highest BCUT2D eigenvalue weighted by atomic mass is 32.2. The van der Waals surface area contributed by atoms with Crippen molar-refractivity contribution in [2.75, 3.05) is 13.1 Å². The molecule has 162 valence electrons. The maximum absolute atomic E-state index is 13.1. The molecule has 1 aromatic rings. The van der Waals surface area contributed by atoms with Crippen molar-refractivity contribution >= 4 is 15.9 Å². The minimum absolute atomic E-state index is 0.281. The SMILES string of the molecule is CCN(CC)S(=O)(=O)c1ccc(CCC(=O)N(C2CCCC2)C2CCCC2)cc1. The molecule has 0 saturated heterocycles. The van der Waals surface area contributed by atoms with E-state index in [1.165, 1.54) is 30.0 Å². The monoisotopic (exact) mass is 420 g/mol. The maximum atomic E-state index is 13.1. The van der Waals surface area contributed by atoms with Gasteiger partial charge in [0.1, 0.15) is 0 Å². The van der Waals surface area contributed by atoms with Gasteiger partial charge in [-0.05, 0) is 49.8 Å². The second-order valence-corrected chi connectivity index (χ2v) is 10.3. The zero-order valence-corrected chi connectivity index (χ0v) is 18.8. The summed E-state index contributed by atoms with van der Waals surface area (Å²) in [5.41, 5.74) is 1.02. The van der Waals surface area contributed by atoms with Crippen molar-refractivity contribution in [3.05, 3.63) is 29.8 Å². The number of hydrogen-bond acceptors (Lipinski definition) is 3. The summed E-state index contributed by atoms with van der Waals surface area (Å²) in [6, 6.07) is 7.95. The highest BCUT2D eigenvalue weighted by Crippen LogP contribution is 2.32. The molecule has 2 fully saturated rings. The number of carbonyl (C=O) groups is 1. The average molecular weight is 421 g/mol. The standard InChI is InChI=1S/C23H36N2O3S/c1-3-24(4-2)29(27,28)22-16-13-19(14-17-22)15-18-23(26)25(20-9-5-6-10-20)21-11-7-8-12-21/h13-14,16-17,20-21H,3-12,15,18H2,1-2H3. The summed E-state index contributed by atoms with van der Waals surface area (Å²) in [6.45, 7) is 4.63. The predicted octanol–water partition coefficient (Wildman–Crippen LogP) is 4.36. The third-order valence-corrected chi connectivity index (χ3v) is 8.68. The average Bonchev–Trinajstić information content (AvgIpc) is 3.43. The van der Waals surface area contributed by atoms with Crippen LogP contribution in [-0.2, 0) is 21.2 Å². The molecule has 0 spiro atoms. The Morgan fingerprint density at radius 2 is 1.38 bits per heavy atom. The normalized spacial score (nSPS) is 18.6. The van der Waals surface area contributed by atoms with E-state index in [0.29, 0.717) is 42.9 Å². The Morgan fingerprint density at radius 3 is 1.83 bits per heavy atom. The van der Waals surface area contributed by atoms with Crippen molar-refractivity contribution in [2.24, 2.45) is 0 Å². The smallest absolute Gasteiger partial charge is 0.243 e. The van der Waals surface area contributed by atoms with E-state index < -0.39 is 10.0 Å². The largest absolute Gasteiger partial charge is 0.337 e. The first-order valence-corrected chi connectivity index (χ1v) is 12.8. The Morgan fingerprint density at radius 1 is 0.897 bits per heavy atom. The molecule has 0 radical (unpaired) electrons. The van der Waals surface area contributed by atoms with Crippen LogP contribution in [0.3, 0.4) is 0 Å². The molecule has 2 aliphatic rings. The summed E-state index contributed by atoms with van der Waals surface area (Å²) in [7, 11) is -3.43. The molecule has 5 nitrogen and oxygen atoms in total. The van der Waals surface area contributed by atoms with Gasteiger partial charge in [0.2, 0.25) is 15.9 Å². The van der Waals surface area contributed by atoms with Crippen LogP contribution in [-0.4, -0.2) is 48.7 Å². The van der Waals surface area contributed by atoms with Crippen molar-refractivity contribution in [3.63, 3.8) is 0 Å². The Labute approximate surface area is 176 Å². The Kier molecular flexibility index (Phi) is 7.74. The third kappa shape index (κ3) is 5.21. The Balaban J connectivity index is 1.63. The Bertz CT molecular complexity index is 744. The number of aryl methyl sites for hydroxylation is 1. The van der Waals surface area contributed by atoms with E-state index in [-0.39, 0.29) is 5.91 Å². The highest BCUT2D eigenvalue weighted by molar-refractivity contribution is 7.89. The summed E-state index contributed by atoms with van der Waals surface area (Å²) in [5.74, 6) is 0.281. The number of carbonyl (C=O) groups excluding carboxylic acids is 1. The first kappa shape index (κ1) is 22.3. The third-order valence-electron chi connectivity index (χ3n) is 6.62. The fourth-order valence-corrected chi connectivity index (χ4v) is 6.45. The van der Waals surface area contributed by atoms with Gasteiger partial charge in [-0.15, -0.1) is 0 Å². The summed E-state index contributed by atoms with van der Waals surface area (Å²) in [4.78, 5) is 15.7. The molecule has 0 atom stereocenters. The number of amides is 1. The summed E-state index contributed by atoms with van der Waals surface area (Å²) >= 11 is 0. The van der Waals surface area contributed by atoms with Gasteiger partial charge in [0.15, 0.2) is 0 Å². The molecule has 2 saturated carbocycles. The van der Waals surface area contributed by atoms with E-state index in [1.54, 1.807) is 12.1 Å². The van der Waals surface area contributed by atoms with Gasteiger partial charge < -0.3 is 4.90 Å². The number of benzene rings is 1. The fraction of sp³-hybridized carbons (Fsp3) is 0.696. The van der Waals surface area contributed by atoms with E-state index in [1.807, 2.05) is 26.0 Å². The molecule has 0 N–H and O–H groups in total. The number of hydrogen-bond donors (Lipinski definition) is 0. The van der Waals surface area contributed by atoms with Gasteiger partial charge >= 0.3 is 0 Å². The second-order valence-electron chi connectivity index (χ2n) is 8.41. The van der Waals surface area contributed by atoms with Gasteiger partial charge in [-0.2, -0.15) is 4.31 Å². The zero-order chi connectivity index (χ0) is 20.9. The molecule has 0 unspecified atom stereocenters. The quantitative estimate of drug-likeness (QED) is 0.596. The molecule has 0 heterocycles. The predicted molar refractivity (Wildman–Crippen MR) is 116 cm³/mol. The van der Waals surface area contributed by atoms with Crippen LogP contribution in [0.4, 0.5) is 0 Å². The van der Waals surface area contributed by atoms with Gasteiger partial charge in [0, 0.05) is 31.6 Å². The van der Waals surface area contributed by atoms with Crippen molar-refractivity contribution in [3.8, 4) is 0 Å². The first-order valence-electron chi connectivity index (χ1n) is 11.4. The van der Waals surface area contributed by atoms with Crippen LogP contribution in [0.15, 0.2) is 29.2 Å². The van der Waals surface area contributed by atoms with E-state index in [2.05, 4.69) is 4.90 Å². The van der Waals surface area contributed by atoms with Crippen molar-refractivity contribution in [1.82, 2.24) is 9.21 Å². The van der Waals surface area contributed by atoms with Gasteiger partial charge in [-0.25, -0.2) is 8.42 Å². The topological polar surface area (TPSA) is 57.7 Å². The molecular formula is C23H36N2O3S. The Hall–Kier alpha value is -1.40. The summed E-state index contributed by atoms with van der Waals surface area (Å²) < 4.78 is 26.7. The van der Waals surface area contributed by atoms with Crippen LogP contribution in [0.25, 0.3) is 0 Å². The minimum Gasteiger partial charge on any atom is -0.337 e. The molecule has 1 amide bonds. The molecule has 3 rings (SSSR count). The molecule has 29 heavy (non-hydrogen) atoms. The van der Waals surface area contributed by atoms with E-state index >= 15 is 0 Å². The molecule has 1 aromatic carbocycles. The zero-order valence-electron chi connectivity index (χ0n) is 18.0. The van der Waals surface area contributed by atoms with E-state index in [0.717, 1.165) is 31.2 Å². The van der Waals surface area contributed by atoms with Gasteiger partial charge in [0.25, 0.3) is 0 Å². The van der Waals surface area contributed by atoms with Crippen LogP contribution in [0.2, 0.25) is 0 Å². The van der Waals surface area contributed by atoms with Crippen LogP contribution < -0.4 is 0 Å². The lowest BCUT2D eigenvalue weighted by Crippen LogP contribution is -2.45. The van der Waals surface area contributed by atoms with E-state index in [4.69, 9.17) is 0 Å². The van der Waals surface area contributed by atoms with Crippen LogP contribution in [0.1, 0.15) is 77.2 Å². The number of sulfonamides is 1. The van der Waals surface area contributed by atoms with Gasteiger partial charge in [0.05, 0.1) is 4.90 Å². The van der Waals surface area contributed by atoms with Crippen LogP contribution in [0, 0.1) is 0 Å². The second kappa shape index (κ2) is 10.1. The molecule has 0 bridgehead atoms. The first-order chi connectivity index (χ1) is 14.0. The van der Waals surface area contributed by atoms with Gasteiger partial charge in [-0.3, -0.25) is 4.79 Å². The van der Waals surface area contributed by atoms with Crippen molar-refractivity contribution < 1.29 is 13.2 Å². The highest BCUT2D eigenvalue weighted by Gasteiger charge is 2.33. The van der Waals surface area contributed by atoms with Gasteiger partial charge in [-0.1, -0.05) is 51.7 Å². The maximum Gasteiger partial charge on any atom is 0.243 e. The summed E-state index contributed by atoms with van der Waals surface area (Å²) in [6.07, 6.45) is 10.7. The molecule has 6 heteroatoms. The molecule has 0 aliphatic heterocycles.